The molecule has 0 aliphatic carbocycles. The highest BCUT2D eigenvalue weighted by Crippen LogP contribution is 2.33. The number of methoxy groups -OCH3 is 1. The number of anilines is 1. The molecule has 3 heterocycles. The summed E-state index contributed by atoms with van der Waals surface area (Å²) < 4.78 is 13.0. The molecule has 1 atom stereocenters. The van der Waals surface area contributed by atoms with Crippen LogP contribution in [0.2, 0.25) is 0 Å². The van der Waals surface area contributed by atoms with Crippen LogP contribution in [0, 0.1) is 0 Å². The molecule has 4 rings (SSSR count). The molecular formula is C26H31N5O5. The highest BCUT2D eigenvalue weighted by molar-refractivity contribution is 5.93. The van der Waals surface area contributed by atoms with Crippen LogP contribution in [-0.4, -0.2) is 52.0 Å². The summed E-state index contributed by atoms with van der Waals surface area (Å²) in [5, 5.41) is 17.4. The summed E-state index contributed by atoms with van der Waals surface area (Å²) in [6, 6.07) is 10.7. The Morgan fingerprint density at radius 3 is 2.81 bits per heavy atom. The van der Waals surface area contributed by atoms with Crippen LogP contribution < -0.4 is 20.5 Å². The second-order valence-corrected chi connectivity index (χ2v) is 8.86. The largest absolute Gasteiger partial charge is 0.496 e. The third-order valence-corrected chi connectivity index (χ3v) is 6.28. The average Bonchev–Trinajstić information content (AvgIpc) is 3.21. The molecule has 190 valence electrons. The minimum atomic E-state index is -0.967. The predicted octanol–water partition coefficient (Wildman–Crippen LogP) is 2.70. The third-order valence-electron chi connectivity index (χ3n) is 6.28. The lowest BCUT2D eigenvalue weighted by molar-refractivity contribution is -0.137. The van der Waals surface area contributed by atoms with Crippen molar-refractivity contribution in [3.05, 3.63) is 64.5 Å². The summed E-state index contributed by atoms with van der Waals surface area (Å²) in [6.07, 6.45) is 2.97. The molecule has 1 aromatic carbocycles. The van der Waals surface area contributed by atoms with Crippen molar-refractivity contribution < 1.29 is 24.2 Å². The maximum Gasteiger partial charge on any atom is 0.303 e. The van der Waals surface area contributed by atoms with Gasteiger partial charge in [-0.25, -0.2) is 9.67 Å². The van der Waals surface area contributed by atoms with E-state index in [1.54, 1.807) is 36.0 Å². The standard InChI is InChI=1S/C26H31N5O5/c1-31-23(36-11-9-19-7-5-16-4-3-10-28-26(16)29-19)15-20(30-31)12-18(14-24(32)33)21-13-17(25(27)34)6-8-22(21)35-2/h5-8,13,15,18H,3-4,9-12,14H2,1-2H3,(H2,27,34)(H,28,29)(H,32,33). The van der Waals surface area contributed by atoms with Crippen molar-refractivity contribution in [1.29, 1.82) is 0 Å². The Labute approximate surface area is 209 Å². The molecule has 10 heteroatoms. The van der Waals surface area contributed by atoms with E-state index in [2.05, 4.69) is 16.5 Å². The molecule has 1 aliphatic rings. The number of nitrogens with two attached hydrogens (primary N) is 1. The van der Waals surface area contributed by atoms with E-state index in [0.717, 1.165) is 30.9 Å². The van der Waals surface area contributed by atoms with Crippen LogP contribution in [0.5, 0.6) is 11.6 Å². The summed E-state index contributed by atoms with van der Waals surface area (Å²) in [6.45, 7) is 1.37. The first-order valence-electron chi connectivity index (χ1n) is 11.9. The van der Waals surface area contributed by atoms with Crippen molar-refractivity contribution >= 4 is 17.7 Å². The first kappa shape index (κ1) is 25.0. The number of aliphatic carboxylic acids is 1. The number of carbonyl (C=O) groups is 2. The minimum Gasteiger partial charge on any atom is -0.496 e. The fourth-order valence-corrected chi connectivity index (χ4v) is 4.47. The van der Waals surface area contributed by atoms with Gasteiger partial charge >= 0.3 is 5.97 Å². The van der Waals surface area contributed by atoms with E-state index in [9.17, 15) is 14.7 Å². The number of primary amides is 1. The minimum absolute atomic E-state index is 0.163. The van der Waals surface area contributed by atoms with Crippen LogP contribution in [0.4, 0.5) is 5.82 Å². The number of amides is 1. The van der Waals surface area contributed by atoms with Crippen LogP contribution in [-0.2, 0) is 31.1 Å². The predicted molar refractivity (Wildman–Crippen MR) is 134 cm³/mol. The normalized spacial score (nSPS) is 13.4. The van der Waals surface area contributed by atoms with Gasteiger partial charge < -0.3 is 25.6 Å². The quantitative estimate of drug-likeness (QED) is 0.370. The monoisotopic (exact) mass is 493 g/mol. The number of carbonyl (C=O) groups excluding carboxylic acids is 1. The van der Waals surface area contributed by atoms with Gasteiger partial charge in [-0.2, -0.15) is 5.10 Å². The first-order chi connectivity index (χ1) is 17.3. The molecule has 1 aliphatic heterocycles. The van der Waals surface area contributed by atoms with Gasteiger partial charge in [0.1, 0.15) is 11.6 Å². The lowest BCUT2D eigenvalue weighted by atomic mass is 9.89. The Balaban J connectivity index is 1.46. The number of ether oxygens (including phenoxy) is 2. The second kappa shape index (κ2) is 11.1. The van der Waals surface area contributed by atoms with Gasteiger partial charge in [-0.15, -0.1) is 0 Å². The molecule has 0 spiro atoms. The van der Waals surface area contributed by atoms with Gasteiger partial charge in [0.15, 0.2) is 0 Å². The second-order valence-electron chi connectivity index (χ2n) is 8.86. The maximum atomic E-state index is 11.7. The number of aryl methyl sites for hydroxylation is 2. The maximum absolute atomic E-state index is 11.7. The zero-order valence-electron chi connectivity index (χ0n) is 20.5. The molecule has 0 saturated carbocycles. The van der Waals surface area contributed by atoms with Crippen molar-refractivity contribution in [2.75, 3.05) is 25.6 Å². The van der Waals surface area contributed by atoms with Gasteiger partial charge in [0.25, 0.3) is 0 Å². The smallest absolute Gasteiger partial charge is 0.303 e. The van der Waals surface area contributed by atoms with Gasteiger partial charge in [0.2, 0.25) is 11.8 Å². The summed E-state index contributed by atoms with van der Waals surface area (Å²) in [4.78, 5) is 28.0. The Kier molecular flexibility index (Phi) is 7.72. The molecule has 3 aromatic rings. The molecule has 0 saturated heterocycles. The molecule has 0 radical (unpaired) electrons. The number of pyridine rings is 1. The van der Waals surface area contributed by atoms with Gasteiger partial charge in [-0.3, -0.25) is 9.59 Å². The van der Waals surface area contributed by atoms with Crippen molar-refractivity contribution in [2.45, 2.75) is 38.0 Å². The van der Waals surface area contributed by atoms with Crippen molar-refractivity contribution in [3.8, 4) is 11.6 Å². The van der Waals surface area contributed by atoms with Crippen molar-refractivity contribution in [2.24, 2.45) is 12.8 Å². The Bertz CT molecular complexity index is 1260. The first-order valence-corrected chi connectivity index (χ1v) is 11.9. The summed E-state index contributed by atoms with van der Waals surface area (Å²) in [5.41, 5.74) is 9.19. The number of hydrogen-bond acceptors (Lipinski definition) is 7. The van der Waals surface area contributed by atoms with Crippen LogP contribution in [0.25, 0.3) is 0 Å². The molecule has 10 nitrogen and oxygen atoms in total. The number of carboxylic acid groups (broad SMARTS) is 1. The van der Waals surface area contributed by atoms with E-state index in [1.807, 2.05) is 6.07 Å². The summed E-state index contributed by atoms with van der Waals surface area (Å²) >= 11 is 0. The van der Waals surface area contributed by atoms with Crippen molar-refractivity contribution in [1.82, 2.24) is 14.8 Å². The molecule has 1 amide bonds. The van der Waals surface area contributed by atoms with Crippen molar-refractivity contribution in [3.63, 3.8) is 0 Å². The fraction of sp³-hybridized carbons (Fsp3) is 0.385. The van der Waals surface area contributed by atoms with E-state index in [-0.39, 0.29) is 12.0 Å². The highest BCUT2D eigenvalue weighted by Gasteiger charge is 2.23. The number of nitrogens with one attached hydrogen (secondary N) is 1. The third kappa shape index (κ3) is 5.94. The summed E-state index contributed by atoms with van der Waals surface area (Å²) in [7, 11) is 3.28. The number of fused-ring (bicyclic) bond motifs is 1. The van der Waals surface area contributed by atoms with E-state index < -0.39 is 17.8 Å². The van der Waals surface area contributed by atoms with Gasteiger partial charge in [0, 0.05) is 43.3 Å². The SMILES string of the molecule is COc1ccc(C(N)=O)cc1C(CC(=O)O)Cc1cc(OCCc2ccc3c(n2)NCCC3)n(C)n1. The van der Waals surface area contributed by atoms with Crippen LogP contribution >= 0.6 is 0 Å². The Hall–Kier alpha value is -4.08. The Morgan fingerprint density at radius 2 is 2.06 bits per heavy atom. The van der Waals surface area contributed by atoms with Crippen LogP contribution in [0.1, 0.15) is 51.6 Å². The van der Waals surface area contributed by atoms with Crippen LogP contribution in [0.15, 0.2) is 36.4 Å². The topological polar surface area (TPSA) is 142 Å². The summed E-state index contributed by atoms with van der Waals surface area (Å²) in [5.74, 6) is -0.0102. The number of benzene rings is 1. The molecule has 4 N–H and O–H groups in total. The number of hydrogen-bond donors (Lipinski definition) is 3. The fourth-order valence-electron chi connectivity index (χ4n) is 4.47. The van der Waals surface area contributed by atoms with Crippen LogP contribution in [0.3, 0.4) is 0 Å². The van der Waals surface area contributed by atoms with E-state index in [4.69, 9.17) is 20.2 Å². The lowest BCUT2D eigenvalue weighted by Gasteiger charge is -2.18. The molecule has 1 unspecified atom stereocenters. The molecule has 0 bridgehead atoms. The zero-order chi connectivity index (χ0) is 25.7. The van der Waals surface area contributed by atoms with E-state index in [1.165, 1.54) is 12.7 Å². The molecule has 0 fully saturated rings. The van der Waals surface area contributed by atoms with E-state index in [0.29, 0.717) is 42.3 Å². The number of aromatic nitrogens is 3. The van der Waals surface area contributed by atoms with Gasteiger partial charge in [-0.1, -0.05) is 6.07 Å². The Morgan fingerprint density at radius 1 is 1.22 bits per heavy atom. The zero-order valence-corrected chi connectivity index (χ0v) is 20.5. The van der Waals surface area contributed by atoms with E-state index >= 15 is 0 Å². The molecule has 36 heavy (non-hydrogen) atoms. The average molecular weight is 494 g/mol. The number of carboxylic acids is 1. The number of nitrogens with zero attached hydrogens (tertiary/aromatic N) is 3. The molecule has 2 aromatic heterocycles. The number of rotatable bonds is 11. The van der Waals surface area contributed by atoms with Gasteiger partial charge in [-0.05, 0) is 54.7 Å². The van der Waals surface area contributed by atoms with Gasteiger partial charge in [0.05, 0.1) is 25.8 Å². The molecular weight excluding hydrogens is 462 g/mol. The lowest BCUT2D eigenvalue weighted by Crippen LogP contribution is -2.15. The highest BCUT2D eigenvalue weighted by atomic mass is 16.5.